The Morgan fingerprint density at radius 1 is 1.25 bits per heavy atom. The van der Waals surface area contributed by atoms with Crippen molar-refractivity contribution in [3.8, 4) is 0 Å². The molecule has 4 heteroatoms. The first-order chi connectivity index (χ1) is 9.65. The zero-order chi connectivity index (χ0) is 14.4. The van der Waals surface area contributed by atoms with Crippen LogP contribution in [-0.4, -0.2) is 18.1 Å². The van der Waals surface area contributed by atoms with Gasteiger partial charge in [-0.3, -0.25) is 0 Å². The van der Waals surface area contributed by atoms with Crippen molar-refractivity contribution in [2.75, 3.05) is 18.8 Å². The SMILES string of the molecule is Cc1csc(CCNCCC(C)c2ccc(N)cc2)n1. The first-order valence-electron chi connectivity index (χ1n) is 7.12. The van der Waals surface area contributed by atoms with E-state index in [9.17, 15) is 0 Å². The number of hydrogen-bond acceptors (Lipinski definition) is 4. The molecule has 1 aromatic heterocycles. The number of nitrogens with one attached hydrogen (secondary N) is 1. The van der Waals surface area contributed by atoms with E-state index in [1.807, 2.05) is 19.1 Å². The first kappa shape index (κ1) is 15.0. The monoisotopic (exact) mass is 289 g/mol. The van der Waals surface area contributed by atoms with Crippen molar-refractivity contribution in [2.24, 2.45) is 0 Å². The smallest absolute Gasteiger partial charge is 0.0940 e. The topological polar surface area (TPSA) is 50.9 Å². The van der Waals surface area contributed by atoms with Gasteiger partial charge in [0.1, 0.15) is 0 Å². The second kappa shape index (κ2) is 7.41. The summed E-state index contributed by atoms with van der Waals surface area (Å²) in [5, 5.41) is 6.83. The van der Waals surface area contributed by atoms with Gasteiger partial charge in [0.05, 0.1) is 5.01 Å². The molecule has 1 heterocycles. The van der Waals surface area contributed by atoms with Crippen molar-refractivity contribution < 1.29 is 0 Å². The van der Waals surface area contributed by atoms with Crippen molar-refractivity contribution in [1.82, 2.24) is 10.3 Å². The van der Waals surface area contributed by atoms with Crippen LogP contribution in [0.1, 0.15) is 35.5 Å². The summed E-state index contributed by atoms with van der Waals surface area (Å²) in [5.74, 6) is 0.560. The lowest BCUT2D eigenvalue weighted by molar-refractivity contribution is 0.594. The van der Waals surface area contributed by atoms with Crippen LogP contribution < -0.4 is 11.1 Å². The van der Waals surface area contributed by atoms with Gasteiger partial charge >= 0.3 is 0 Å². The van der Waals surface area contributed by atoms with Crippen LogP contribution in [-0.2, 0) is 6.42 Å². The molecule has 0 aliphatic rings. The van der Waals surface area contributed by atoms with Gasteiger partial charge in [-0.15, -0.1) is 11.3 Å². The lowest BCUT2D eigenvalue weighted by atomic mass is 9.98. The number of hydrogen-bond donors (Lipinski definition) is 2. The third-order valence-corrected chi connectivity index (χ3v) is 4.47. The van der Waals surface area contributed by atoms with Gasteiger partial charge < -0.3 is 11.1 Å². The fraction of sp³-hybridized carbons (Fsp3) is 0.438. The van der Waals surface area contributed by atoms with Crippen LogP contribution in [0.25, 0.3) is 0 Å². The van der Waals surface area contributed by atoms with E-state index >= 15 is 0 Å². The molecule has 2 rings (SSSR count). The van der Waals surface area contributed by atoms with Gasteiger partial charge in [-0.2, -0.15) is 0 Å². The summed E-state index contributed by atoms with van der Waals surface area (Å²) in [4.78, 5) is 4.47. The zero-order valence-corrected chi connectivity index (χ0v) is 13.0. The maximum Gasteiger partial charge on any atom is 0.0940 e. The molecular formula is C16H23N3S. The number of nitrogens with zero attached hydrogens (tertiary/aromatic N) is 1. The summed E-state index contributed by atoms with van der Waals surface area (Å²) in [5.41, 5.74) is 9.02. The molecule has 1 atom stereocenters. The van der Waals surface area contributed by atoms with Crippen molar-refractivity contribution in [3.05, 3.63) is 45.9 Å². The molecule has 0 fully saturated rings. The van der Waals surface area contributed by atoms with Gasteiger partial charge in [-0.25, -0.2) is 4.98 Å². The fourth-order valence-corrected chi connectivity index (χ4v) is 2.92. The summed E-state index contributed by atoms with van der Waals surface area (Å²) in [7, 11) is 0. The Hall–Kier alpha value is -1.39. The Kier molecular flexibility index (Phi) is 5.56. The van der Waals surface area contributed by atoms with E-state index < -0.39 is 0 Å². The van der Waals surface area contributed by atoms with E-state index in [0.29, 0.717) is 5.92 Å². The third-order valence-electron chi connectivity index (χ3n) is 3.44. The molecule has 0 amide bonds. The molecule has 0 radical (unpaired) electrons. The maximum absolute atomic E-state index is 5.71. The van der Waals surface area contributed by atoms with E-state index in [2.05, 4.69) is 34.7 Å². The highest BCUT2D eigenvalue weighted by Crippen LogP contribution is 2.19. The van der Waals surface area contributed by atoms with Crippen LogP contribution >= 0.6 is 11.3 Å². The molecular weight excluding hydrogens is 266 g/mol. The van der Waals surface area contributed by atoms with E-state index in [-0.39, 0.29) is 0 Å². The molecule has 20 heavy (non-hydrogen) atoms. The minimum Gasteiger partial charge on any atom is -0.399 e. The van der Waals surface area contributed by atoms with Crippen LogP contribution in [0.15, 0.2) is 29.6 Å². The average molecular weight is 289 g/mol. The highest BCUT2D eigenvalue weighted by molar-refractivity contribution is 7.09. The molecule has 0 saturated carbocycles. The molecule has 0 saturated heterocycles. The summed E-state index contributed by atoms with van der Waals surface area (Å²) in [6, 6.07) is 8.20. The van der Waals surface area contributed by atoms with Gasteiger partial charge in [-0.1, -0.05) is 19.1 Å². The first-order valence-corrected chi connectivity index (χ1v) is 8.00. The zero-order valence-electron chi connectivity index (χ0n) is 12.2. The Balaban J connectivity index is 1.64. The molecule has 1 unspecified atom stereocenters. The summed E-state index contributed by atoms with van der Waals surface area (Å²) >= 11 is 1.75. The van der Waals surface area contributed by atoms with Gasteiger partial charge in [0.15, 0.2) is 0 Å². The minimum absolute atomic E-state index is 0.560. The summed E-state index contributed by atoms with van der Waals surface area (Å²) in [6.07, 6.45) is 2.16. The van der Waals surface area contributed by atoms with Crippen molar-refractivity contribution in [3.63, 3.8) is 0 Å². The lowest BCUT2D eigenvalue weighted by Crippen LogP contribution is -2.19. The van der Waals surface area contributed by atoms with Gasteiger partial charge in [0.2, 0.25) is 0 Å². The Bertz CT molecular complexity index is 519. The minimum atomic E-state index is 0.560. The number of benzene rings is 1. The largest absolute Gasteiger partial charge is 0.399 e. The standard InChI is InChI=1S/C16H23N3S/c1-12(14-3-5-15(17)6-4-14)7-9-18-10-8-16-19-13(2)11-20-16/h3-6,11-12,18H,7-10,17H2,1-2H3. The van der Waals surface area contributed by atoms with Gasteiger partial charge in [-0.05, 0) is 43.5 Å². The van der Waals surface area contributed by atoms with E-state index in [4.69, 9.17) is 5.73 Å². The lowest BCUT2D eigenvalue weighted by Gasteiger charge is -2.12. The van der Waals surface area contributed by atoms with Crippen molar-refractivity contribution in [2.45, 2.75) is 32.6 Å². The maximum atomic E-state index is 5.71. The second-order valence-electron chi connectivity index (χ2n) is 5.24. The number of aryl methyl sites for hydroxylation is 1. The highest BCUT2D eigenvalue weighted by atomic mass is 32.1. The molecule has 2 aromatic rings. The highest BCUT2D eigenvalue weighted by Gasteiger charge is 2.05. The molecule has 108 valence electrons. The molecule has 0 bridgehead atoms. The number of thiazole rings is 1. The quantitative estimate of drug-likeness (QED) is 0.607. The van der Waals surface area contributed by atoms with Crippen molar-refractivity contribution >= 4 is 17.0 Å². The molecule has 0 aliphatic carbocycles. The number of nitrogens with two attached hydrogens (primary N) is 1. The van der Waals surface area contributed by atoms with E-state index in [0.717, 1.165) is 37.3 Å². The molecule has 0 spiro atoms. The Labute approximate surface area is 125 Å². The van der Waals surface area contributed by atoms with Crippen LogP contribution in [0.4, 0.5) is 5.69 Å². The van der Waals surface area contributed by atoms with Gasteiger partial charge in [0.25, 0.3) is 0 Å². The molecule has 0 aliphatic heterocycles. The fourth-order valence-electron chi connectivity index (χ4n) is 2.15. The summed E-state index contributed by atoms with van der Waals surface area (Å²) < 4.78 is 0. The number of nitrogen functional groups attached to an aromatic ring is 1. The Morgan fingerprint density at radius 3 is 2.65 bits per heavy atom. The van der Waals surface area contributed by atoms with E-state index in [1.54, 1.807) is 11.3 Å². The predicted octanol–water partition coefficient (Wildman–Crippen LogP) is 3.36. The predicted molar refractivity (Wildman–Crippen MR) is 87.3 cm³/mol. The van der Waals surface area contributed by atoms with E-state index in [1.165, 1.54) is 10.6 Å². The van der Waals surface area contributed by atoms with Gasteiger partial charge in [0, 0.05) is 29.7 Å². The van der Waals surface area contributed by atoms with Crippen LogP contribution in [0.5, 0.6) is 0 Å². The number of rotatable bonds is 7. The Morgan fingerprint density at radius 2 is 2.00 bits per heavy atom. The number of anilines is 1. The number of aromatic nitrogens is 1. The third kappa shape index (κ3) is 4.62. The normalized spacial score (nSPS) is 12.5. The second-order valence-corrected chi connectivity index (χ2v) is 6.18. The van der Waals surface area contributed by atoms with Crippen LogP contribution in [0.2, 0.25) is 0 Å². The van der Waals surface area contributed by atoms with Crippen molar-refractivity contribution in [1.29, 1.82) is 0 Å². The van der Waals surface area contributed by atoms with Crippen LogP contribution in [0.3, 0.4) is 0 Å². The van der Waals surface area contributed by atoms with Crippen LogP contribution in [0, 0.1) is 6.92 Å². The molecule has 1 aromatic carbocycles. The average Bonchev–Trinajstić information content (AvgIpc) is 2.84. The molecule has 3 N–H and O–H groups in total. The summed E-state index contributed by atoms with van der Waals surface area (Å²) in [6.45, 7) is 6.34. The molecule has 3 nitrogen and oxygen atoms in total.